The van der Waals surface area contributed by atoms with Crippen LogP contribution in [0.3, 0.4) is 0 Å². The molecule has 0 aliphatic carbocycles. The average Bonchev–Trinajstić information content (AvgIpc) is 2.46. The molecule has 0 spiro atoms. The summed E-state index contributed by atoms with van der Waals surface area (Å²) in [6.07, 6.45) is -0.486. The lowest BCUT2D eigenvalue weighted by Crippen LogP contribution is -2.51. The fraction of sp³-hybridized carbons (Fsp3) is 0.438. The van der Waals surface area contributed by atoms with Crippen molar-refractivity contribution in [1.82, 2.24) is 10.6 Å². The van der Waals surface area contributed by atoms with E-state index < -0.39 is 30.4 Å². The highest BCUT2D eigenvalue weighted by molar-refractivity contribution is 5.91. The van der Waals surface area contributed by atoms with E-state index in [-0.39, 0.29) is 11.9 Å². The molecule has 7 nitrogen and oxygen atoms in total. The van der Waals surface area contributed by atoms with Crippen LogP contribution in [0.15, 0.2) is 24.3 Å². The SMILES string of the molecule is Cc1cccc(C(C)NC(=O)[C@@H](C)NC(=O)[C@@H](N)CC(=O)O)c1. The van der Waals surface area contributed by atoms with Gasteiger partial charge >= 0.3 is 5.97 Å². The molecule has 0 fully saturated rings. The van der Waals surface area contributed by atoms with Gasteiger partial charge in [0, 0.05) is 0 Å². The number of amides is 2. The average molecular weight is 321 g/mol. The molecule has 1 aromatic carbocycles. The summed E-state index contributed by atoms with van der Waals surface area (Å²) in [6, 6.07) is 5.54. The lowest BCUT2D eigenvalue weighted by molar-refractivity contribution is -0.139. The maximum Gasteiger partial charge on any atom is 0.305 e. The molecule has 126 valence electrons. The molecule has 3 atom stereocenters. The minimum absolute atomic E-state index is 0.213. The van der Waals surface area contributed by atoms with Crippen LogP contribution in [-0.2, 0) is 14.4 Å². The van der Waals surface area contributed by atoms with Gasteiger partial charge in [0.15, 0.2) is 0 Å². The van der Waals surface area contributed by atoms with Crippen LogP contribution in [0.2, 0.25) is 0 Å². The van der Waals surface area contributed by atoms with Crippen LogP contribution in [0.1, 0.15) is 37.4 Å². The second-order valence-corrected chi connectivity index (χ2v) is 5.58. The molecular weight excluding hydrogens is 298 g/mol. The van der Waals surface area contributed by atoms with Crippen LogP contribution < -0.4 is 16.4 Å². The first kappa shape index (κ1) is 18.6. The number of nitrogens with two attached hydrogens (primary N) is 1. The van der Waals surface area contributed by atoms with E-state index >= 15 is 0 Å². The van der Waals surface area contributed by atoms with Crippen molar-refractivity contribution in [2.24, 2.45) is 5.73 Å². The first-order valence-electron chi connectivity index (χ1n) is 7.35. The largest absolute Gasteiger partial charge is 0.481 e. The number of aryl methyl sites for hydroxylation is 1. The predicted octanol–water partition coefficient (Wildman–Crippen LogP) is 0.479. The van der Waals surface area contributed by atoms with Crippen molar-refractivity contribution in [3.05, 3.63) is 35.4 Å². The number of hydrogen-bond donors (Lipinski definition) is 4. The lowest BCUT2D eigenvalue weighted by atomic mass is 10.1. The van der Waals surface area contributed by atoms with E-state index in [0.29, 0.717) is 0 Å². The van der Waals surface area contributed by atoms with Crippen LogP contribution in [0.25, 0.3) is 0 Å². The number of aliphatic carboxylic acids is 1. The van der Waals surface area contributed by atoms with E-state index in [4.69, 9.17) is 10.8 Å². The molecule has 5 N–H and O–H groups in total. The Morgan fingerprint density at radius 3 is 2.39 bits per heavy atom. The molecule has 0 aliphatic rings. The molecule has 0 aliphatic heterocycles. The highest BCUT2D eigenvalue weighted by atomic mass is 16.4. The maximum atomic E-state index is 12.1. The Bertz CT molecular complexity index is 588. The van der Waals surface area contributed by atoms with Crippen LogP contribution in [0.4, 0.5) is 0 Å². The summed E-state index contributed by atoms with van der Waals surface area (Å²) >= 11 is 0. The monoisotopic (exact) mass is 321 g/mol. The minimum atomic E-state index is -1.18. The Balaban J connectivity index is 2.56. The van der Waals surface area contributed by atoms with Crippen LogP contribution >= 0.6 is 0 Å². The number of carbonyl (C=O) groups is 3. The van der Waals surface area contributed by atoms with Crippen LogP contribution in [0.5, 0.6) is 0 Å². The van der Waals surface area contributed by atoms with E-state index in [1.165, 1.54) is 6.92 Å². The smallest absolute Gasteiger partial charge is 0.305 e. The van der Waals surface area contributed by atoms with Gasteiger partial charge in [0.2, 0.25) is 11.8 Å². The molecule has 2 amide bonds. The first-order chi connectivity index (χ1) is 10.7. The van der Waals surface area contributed by atoms with Crippen molar-refractivity contribution < 1.29 is 19.5 Å². The zero-order chi connectivity index (χ0) is 17.6. The van der Waals surface area contributed by atoms with Gasteiger partial charge in [0.1, 0.15) is 6.04 Å². The topological polar surface area (TPSA) is 122 Å². The van der Waals surface area contributed by atoms with Crippen molar-refractivity contribution in [2.45, 2.75) is 45.3 Å². The molecule has 0 heterocycles. The van der Waals surface area contributed by atoms with Gasteiger partial charge in [-0.3, -0.25) is 14.4 Å². The van der Waals surface area contributed by atoms with E-state index in [1.54, 1.807) is 0 Å². The second-order valence-electron chi connectivity index (χ2n) is 5.58. The van der Waals surface area contributed by atoms with Crippen molar-refractivity contribution >= 4 is 17.8 Å². The number of rotatable bonds is 7. The maximum absolute atomic E-state index is 12.1. The number of hydrogen-bond acceptors (Lipinski definition) is 4. The van der Waals surface area contributed by atoms with Gasteiger partial charge in [-0.25, -0.2) is 0 Å². The number of carboxylic acids is 1. The fourth-order valence-corrected chi connectivity index (χ4v) is 2.03. The molecular formula is C16H23N3O4. The Kier molecular flexibility index (Phi) is 6.71. The molecule has 23 heavy (non-hydrogen) atoms. The molecule has 7 heteroatoms. The van der Waals surface area contributed by atoms with E-state index in [0.717, 1.165) is 11.1 Å². The normalized spacial score (nSPS) is 14.4. The zero-order valence-corrected chi connectivity index (χ0v) is 13.5. The molecule has 0 bridgehead atoms. The summed E-state index contributed by atoms with van der Waals surface area (Å²) in [4.78, 5) is 34.3. The van der Waals surface area contributed by atoms with Gasteiger partial charge in [0.25, 0.3) is 0 Å². The van der Waals surface area contributed by atoms with Gasteiger partial charge in [-0.1, -0.05) is 29.8 Å². The molecule has 0 saturated heterocycles. The summed E-state index contributed by atoms with van der Waals surface area (Å²) in [5, 5.41) is 13.8. The standard InChI is InChI=1S/C16H23N3O4/c1-9-5-4-6-12(7-9)10(2)18-15(22)11(3)19-16(23)13(17)8-14(20)21/h4-7,10-11,13H,8,17H2,1-3H3,(H,18,22)(H,19,23)(H,20,21)/t10?,11-,13+/m1/s1. The van der Waals surface area contributed by atoms with Crippen molar-refractivity contribution in [3.8, 4) is 0 Å². The Morgan fingerprint density at radius 2 is 1.83 bits per heavy atom. The van der Waals surface area contributed by atoms with Gasteiger partial charge in [-0.2, -0.15) is 0 Å². The summed E-state index contributed by atoms with van der Waals surface area (Å²) in [5.41, 5.74) is 7.50. The van der Waals surface area contributed by atoms with Gasteiger partial charge < -0.3 is 21.5 Å². The second kappa shape index (κ2) is 8.28. The highest BCUT2D eigenvalue weighted by Gasteiger charge is 2.22. The third-order valence-electron chi connectivity index (χ3n) is 3.38. The molecule has 0 saturated carbocycles. The van der Waals surface area contributed by atoms with Crippen molar-refractivity contribution in [1.29, 1.82) is 0 Å². The van der Waals surface area contributed by atoms with Gasteiger partial charge in [0.05, 0.1) is 18.5 Å². The quantitative estimate of drug-likeness (QED) is 0.582. The summed E-state index contributed by atoms with van der Waals surface area (Å²) in [6.45, 7) is 5.33. The molecule has 1 rings (SSSR count). The first-order valence-corrected chi connectivity index (χ1v) is 7.35. The minimum Gasteiger partial charge on any atom is -0.481 e. The van der Waals surface area contributed by atoms with Gasteiger partial charge in [-0.05, 0) is 26.3 Å². The third-order valence-corrected chi connectivity index (χ3v) is 3.38. The molecule has 1 aromatic rings. The number of carbonyl (C=O) groups excluding carboxylic acids is 2. The van der Waals surface area contributed by atoms with Crippen LogP contribution in [-0.4, -0.2) is 35.0 Å². The van der Waals surface area contributed by atoms with E-state index in [1.807, 2.05) is 38.1 Å². The Labute approximate surface area is 135 Å². The summed E-state index contributed by atoms with van der Waals surface area (Å²) < 4.78 is 0. The third kappa shape index (κ3) is 6.07. The Morgan fingerprint density at radius 1 is 1.17 bits per heavy atom. The zero-order valence-electron chi connectivity index (χ0n) is 13.5. The lowest BCUT2D eigenvalue weighted by Gasteiger charge is -2.20. The molecule has 0 aromatic heterocycles. The molecule has 0 radical (unpaired) electrons. The molecule has 1 unspecified atom stereocenters. The Hall–Kier alpha value is -2.41. The summed E-state index contributed by atoms with van der Waals surface area (Å²) in [7, 11) is 0. The fourth-order valence-electron chi connectivity index (χ4n) is 2.03. The predicted molar refractivity (Wildman–Crippen MR) is 85.6 cm³/mol. The van der Waals surface area contributed by atoms with E-state index in [2.05, 4.69) is 10.6 Å². The van der Waals surface area contributed by atoms with Crippen molar-refractivity contribution in [2.75, 3.05) is 0 Å². The van der Waals surface area contributed by atoms with Crippen LogP contribution in [0, 0.1) is 6.92 Å². The van der Waals surface area contributed by atoms with Gasteiger partial charge in [-0.15, -0.1) is 0 Å². The number of nitrogens with one attached hydrogen (secondary N) is 2. The highest BCUT2D eigenvalue weighted by Crippen LogP contribution is 2.13. The number of carboxylic acid groups (broad SMARTS) is 1. The van der Waals surface area contributed by atoms with E-state index in [9.17, 15) is 14.4 Å². The summed E-state index contributed by atoms with van der Waals surface area (Å²) in [5.74, 6) is -2.20. The number of benzene rings is 1. The van der Waals surface area contributed by atoms with Crippen molar-refractivity contribution in [3.63, 3.8) is 0 Å².